The SMILES string of the molecule is CCn1ncc(Br)c1C(=O)c1cc(Cl)ccc1F. The van der Waals surface area contributed by atoms with Gasteiger partial charge in [-0.25, -0.2) is 4.39 Å². The van der Waals surface area contributed by atoms with Crippen molar-refractivity contribution in [3.63, 3.8) is 0 Å². The monoisotopic (exact) mass is 330 g/mol. The number of hydrogen-bond acceptors (Lipinski definition) is 2. The molecule has 1 heterocycles. The zero-order chi connectivity index (χ0) is 13.3. The first-order valence-corrected chi connectivity index (χ1v) is 6.42. The predicted octanol–water partition coefficient (Wildman–Crippen LogP) is 3.69. The van der Waals surface area contributed by atoms with E-state index in [-0.39, 0.29) is 5.56 Å². The summed E-state index contributed by atoms with van der Waals surface area (Å²) in [5, 5.41) is 4.34. The molecule has 0 radical (unpaired) electrons. The fraction of sp³-hybridized carbons (Fsp3) is 0.167. The number of benzene rings is 1. The number of nitrogens with zero attached hydrogens (tertiary/aromatic N) is 2. The molecular formula is C12H9BrClFN2O. The van der Waals surface area contributed by atoms with E-state index in [1.165, 1.54) is 29.1 Å². The Labute approximate surface area is 117 Å². The summed E-state index contributed by atoms with van der Waals surface area (Å²) in [4.78, 5) is 12.3. The van der Waals surface area contributed by atoms with Gasteiger partial charge < -0.3 is 0 Å². The lowest BCUT2D eigenvalue weighted by Crippen LogP contribution is -2.12. The quantitative estimate of drug-likeness (QED) is 0.804. The van der Waals surface area contributed by atoms with E-state index in [0.717, 1.165) is 0 Å². The third kappa shape index (κ3) is 2.33. The van der Waals surface area contributed by atoms with Gasteiger partial charge in [0.25, 0.3) is 0 Å². The maximum atomic E-state index is 13.7. The molecule has 0 unspecified atom stereocenters. The number of carbonyl (C=O) groups is 1. The second kappa shape index (κ2) is 5.20. The smallest absolute Gasteiger partial charge is 0.215 e. The maximum absolute atomic E-state index is 13.7. The molecule has 0 saturated carbocycles. The van der Waals surface area contributed by atoms with Crippen molar-refractivity contribution in [1.82, 2.24) is 9.78 Å². The molecule has 0 saturated heterocycles. The fourth-order valence-electron chi connectivity index (χ4n) is 1.63. The Hall–Kier alpha value is -1.20. The van der Waals surface area contributed by atoms with Gasteiger partial charge in [0.15, 0.2) is 0 Å². The molecule has 0 spiro atoms. The molecule has 0 aliphatic heterocycles. The minimum atomic E-state index is -0.597. The van der Waals surface area contributed by atoms with E-state index in [1.807, 2.05) is 6.92 Å². The predicted molar refractivity (Wildman–Crippen MR) is 70.4 cm³/mol. The topological polar surface area (TPSA) is 34.9 Å². The molecule has 0 atom stereocenters. The van der Waals surface area contributed by atoms with E-state index in [9.17, 15) is 9.18 Å². The number of hydrogen-bond donors (Lipinski definition) is 0. The molecule has 0 amide bonds. The van der Waals surface area contributed by atoms with E-state index in [4.69, 9.17) is 11.6 Å². The van der Waals surface area contributed by atoms with Crippen molar-refractivity contribution in [3.8, 4) is 0 Å². The summed E-state index contributed by atoms with van der Waals surface area (Å²) >= 11 is 9.02. The lowest BCUT2D eigenvalue weighted by atomic mass is 10.1. The lowest BCUT2D eigenvalue weighted by Gasteiger charge is -2.06. The Morgan fingerprint density at radius 2 is 2.28 bits per heavy atom. The van der Waals surface area contributed by atoms with Crippen LogP contribution in [0.25, 0.3) is 0 Å². The summed E-state index contributed by atoms with van der Waals surface area (Å²) in [5.74, 6) is -1.04. The van der Waals surface area contributed by atoms with Gasteiger partial charge in [-0.05, 0) is 41.1 Å². The highest BCUT2D eigenvalue weighted by Crippen LogP contribution is 2.23. The molecule has 3 nitrogen and oxygen atoms in total. The number of aryl methyl sites for hydroxylation is 1. The van der Waals surface area contributed by atoms with E-state index in [0.29, 0.717) is 21.7 Å². The highest BCUT2D eigenvalue weighted by atomic mass is 79.9. The lowest BCUT2D eigenvalue weighted by molar-refractivity contribution is 0.102. The molecule has 1 aromatic heterocycles. The highest BCUT2D eigenvalue weighted by Gasteiger charge is 2.21. The molecule has 2 aromatic rings. The number of ketones is 1. The molecule has 0 bridgehead atoms. The van der Waals surface area contributed by atoms with E-state index < -0.39 is 11.6 Å². The van der Waals surface area contributed by atoms with Crippen molar-refractivity contribution in [2.75, 3.05) is 0 Å². The summed E-state index contributed by atoms with van der Waals surface area (Å²) in [7, 11) is 0. The molecule has 1 aromatic carbocycles. The normalized spacial score (nSPS) is 10.7. The number of halogens is 3. The minimum absolute atomic E-state index is 0.0570. The summed E-state index contributed by atoms with van der Waals surface area (Å²) in [6, 6.07) is 3.90. The first-order chi connectivity index (χ1) is 8.54. The third-order valence-corrected chi connectivity index (χ3v) is 3.30. The van der Waals surface area contributed by atoms with Gasteiger partial charge in [-0.15, -0.1) is 0 Å². The number of carbonyl (C=O) groups excluding carboxylic acids is 1. The Balaban J connectivity index is 2.54. The average molecular weight is 332 g/mol. The van der Waals surface area contributed by atoms with E-state index in [2.05, 4.69) is 21.0 Å². The van der Waals surface area contributed by atoms with Crippen LogP contribution in [0.5, 0.6) is 0 Å². The summed E-state index contributed by atoms with van der Waals surface area (Å²) in [5.41, 5.74) is 0.261. The van der Waals surface area contributed by atoms with Crippen molar-refractivity contribution >= 4 is 33.3 Å². The van der Waals surface area contributed by atoms with Crippen LogP contribution in [0.15, 0.2) is 28.9 Å². The maximum Gasteiger partial charge on any atom is 0.215 e. The van der Waals surface area contributed by atoms with Crippen LogP contribution >= 0.6 is 27.5 Å². The molecular weight excluding hydrogens is 322 g/mol. The Morgan fingerprint density at radius 3 is 2.94 bits per heavy atom. The fourth-order valence-corrected chi connectivity index (χ4v) is 2.28. The van der Waals surface area contributed by atoms with Gasteiger partial charge in [-0.2, -0.15) is 5.10 Å². The van der Waals surface area contributed by atoms with Crippen LogP contribution in [0.1, 0.15) is 23.0 Å². The van der Waals surface area contributed by atoms with Crippen LogP contribution in [0.2, 0.25) is 5.02 Å². The van der Waals surface area contributed by atoms with Gasteiger partial charge in [0.2, 0.25) is 5.78 Å². The molecule has 0 N–H and O–H groups in total. The van der Waals surface area contributed by atoms with Crippen molar-refractivity contribution in [3.05, 3.63) is 51.0 Å². The molecule has 0 aliphatic carbocycles. The Kier molecular flexibility index (Phi) is 3.82. The van der Waals surface area contributed by atoms with Gasteiger partial charge in [0, 0.05) is 11.6 Å². The zero-order valence-corrected chi connectivity index (χ0v) is 11.8. The number of rotatable bonds is 3. The average Bonchev–Trinajstić information content (AvgIpc) is 2.72. The van der Waals surface area contributed by atoms with Gasteiger partial charge in [-0.1, -0.05) is 11.6 Å². The molecule has 6 heteroatoms. The minimum Gasteiger partial charge on any atom is -0.287 e. The Bertz CT molecular complexity index is 612. The van der Waals surface area contributed by atoms with Crippen LogP contribution < -0.4 is 0 Å². The first kappa shape index (κ1) is 13.2. The first-order valence-electron chi connectivity index (χ1n) is 5.25. The van der Waals surface area contributed by atoms with Gasteiger partial charge in [-0.3, -0.25) is 9.48 Å². The van der Waals surface area contributed by atoms with Gasteiger partial charge >= 0.3 is 0 Å². The standard InChI is InChI=1S/C12H9BrClFN2O/c1-2-17-11(9(13)6-16-17)12(18)8-5-7(14)3-4-10(8)15/h3-6H,2H2,1H3. The van der Waals surface area contributed by atoms with E-state index >= 15 is 0 Å². The molecule has 0 fully saturated rings. The second-order valence-electron chi connectivity index (χ2n) is 3.61. The van der Waals surface area contributed by atoms with Crippen molar-refractivity contribution in [2.45, 2.75) is 13.5 Å². The van der Waals surface area contributed by atoms with Crippen LogP contribution in [-0.4, -0.2) is 15.6 Å². The molecule has 18 heavy (non-hydrogen) atoms. The number of aromatic nitrogens is 2. The molecule has 2 rings (SSSR count). The zero-order valence-electron chi connectivity index (χ0n) is 9.45. The highest BCUT2D eigenvalue weighted by molar-refractivity contribution is 9.10. The molecule has 0 aliphatic rings. The van der Waals surface area contributed by atoms with Gasteiger partial charge in [0.1, 0.15) is 11.5 Å². The van der Waals surface area contributed by atoms with Gasteiger partial charge in [0.05, 0.1) is 16.2 Å². The van der Waals surface area contributed by atoms with Crippen molar-refractivity contribution < 1.29 is 9.18 Å². The second-order valence-corrected chi connectivity index (χ2v) is 4.90. The van der Waals surface area contributed by atoms with Crippen LogP contribution in [-0.2, 0) is 6.54 Å². The largest absolute Gasteiger partial charge is 0.287 e. The summed E-state index contributed by atoms with van der Waals surface area (Å²) < 4.78 is 15.7. The third-order valence-electron chi connectivity index (χ3n) is 2.48. The molecule has 94 valence electrons. The summed E-state index contributed by atoms with van der Waals surface area (Å²) in [6.07, 6.45) is 1.51. The van der Waals surface area contributed by atoms with Crippen LogP contribution in [0, 0.1) is 5.82 Å². The van der Waals surface area contributed by atoms with E-state index in [1.54, 1.807) is 0 Å². The summed E-state index contributed by atoms with van der Waals surface area (Å²) in [6.45, 7) is 2.37. The van der Waals surface area contributed by atoms with Crippen molar-refractivity contribution in [1.29, 1.82) is 0 Å². The van der Waals surface area contributed by atoms with Crippen LogP contribution in [0.4, 0.5) is 4.39 Å². The Morgan fingerprint density at radius 1 is 1.56 bits per heavy atom. The van der Waals surface area contributed by atoms with Crippen LogP contribution in [0.3, 0.4) is 0 Å². The van der Waals surface area contributed by atoms with Crippen molar-refractivity contribution in [2.24, 2.45) is 0 Å².